The molecule has 0 rings (SSSR count). The van der Waals surface area contributed by atoms with Crippen LogP contribution in [0.15, 0.2) is 0 Å². The van der Waals surface area contributed by atoms with E-state index in [-0.39, 0.29) is 44.7 Å². The zero-order valence-electron chi connectivity index (χ0n) is 10.9. The minimum atomic E-state index is -0.374. The van der Waals surface area contributed by atoms with Gasteiger partial charge >= 0.3 is 5.97 Å². The molecule has 7 heteroatoms. The van der Waals surface area contributed by atoms with Gasteiger partial charge in [0.05, 0.1) is 33.4 Å². The molecule has 0 spiro atoms. The fourth-order valence-electron chi connectivity index (χ4n) is 1.25. The molecule has 0 aromatic carbocycles. The van der Waals surface area contributed by atoms with Crippen LogP contribution in [0.3, 0.4) is 0 Å². The van der Waals surface area contributed by atoms with Gasteiger partial charge in [-0.1, -0.05) is 0 Å². The first-order valence-electron chi connectivity index (χ1n) is 5.67. The van der Waals surface area contributed by atoms with Crippen molar-refractivity contribution in [1.82, 2.24) is 4.90 Å². The van der Waals surface area contributed by atoms with E-state index in [1.807, 2.05) is 0 Å². The second kappa shape index (κ2) is 10.9. The van der Waals surface area contributed by atoms with Gasteiger partial charge in [0, 0.05) is 20.2 Å². The van der Waals surface area contributed by atoms with Crippen LogP contribution >= 0.6 is 0 Å². The van der Waals surface area contributed by atoms with E-state index in [0.29, 0.717) is 13.2 Å². The number of aliphatic hydroxyl groups is 1. The molecule has 0 aliphatic heterocycles. The van der Waals surface area contributed by atoms with Gasteiger partial charge < -0.3 is 24.2 Å². The standard InChI is InChI=1S/C11H21NO6/c1-16-9-10(14)12(4-3-11(15)17-2)5-7-18-8-6-13/h13H,3-9H2,1-2H3. The number of methoxy groups -OCH3 is 2. The van der Waals surface area contributed by atoms with Crippen LogP contribution in [0.5, 0.6) is 0 Å². The van der Waals surface area contributed by atoms with Gasteiger partial charge in [0.25, 0.3) is 0 Å². The molecule has 0 saturated carbocycles. The summed E-state index contributed by atoms with van der Waals surface area (Å²) in [5, 5.41) is 8.55. The molecule has 18 heavy (non-hydrogen) atoms. The van der Waals surface area contributed by atoms with E-state index in [2.05, 4.69) is 4.74 Å². The summed E-state index contributed by atoms with van der Waals surface area (Å²) in [6, 6.07) is 0. The summed E-state index contributed by atoms with van der Waals surface area (Å²) in [7, 11) is 2.73. The molecule has 0 unspecified atom stereocenters. The fourth-order valence-corrected chi connectivity index (χ4v) is 1.25. The smallest absolute Gasteiger partial charge is 0.307 e. The van der Waals surface area contributed by atoms with Crippen molar-refractivity contribution in [3.63, 3.8) is 0 Å². The quantitative estimate of drug-likeness (QED) is 0.403. The predicted octanol–water partition coefficient (Wildman–Crippen LogP) is -0.967. The highest BCUT2D eigenvalue weighted by atomic mass is 16.5. The zero-order chi connectivity index (χ0) is 13.8. The number of hydrogen-bond acceptors (Lipinski definition) is 6. The van der Waals surface area contributed by atoms with Gasteiger partial charge in [-0.2, -0.15) is 0 Å². The third kappa shape index (κ3) is 7.99. The molecule has 0 aromatic rings. The Labute approximate surface area is 107 Å². The van der Waals surface area contributed by atoms with Crippen molar-refractivity contribution >= 4 is 11.9 Å². The highest BCUT2D eigenvalue weighted by molar-refractivity contribution is 5.78. The Bertz CT molecular complexity index is 246. The van der Waals surface area contributed by atoms with E-state index in [1.54, 1.807) is 0 Å². The van der Waals surface area contributed by atoms with Crippen LogP contribution in [-0.4, -0.2) is 75.6 Å². The molecule has 0 aliphatic rings. The molecular weight excluding hydrogens is 242 g/mol. The number of ether oxygens (including phenoxy) is 3. The van der Waals surface area contributed by atoms with Gasteiger partial charge in [0.15, 0.2) is 0 Å². The first kappa shape index (κ1) is 16.8. The molecule has 106 valence electrons. The molecule has 1 amide bonds. The van der Waals surface area contributed by atoms with Crippen LogP contribution in [0.2, 0.25) is 0 Å². The Hall–Kier alpha value is -1.18. The number of carbonyl (C=O) groups excluding carboxylic acids is 2. The number of esters is 1. The zero-order valence-corrected chi connectivity index (χ0v) is 10.9. The van der Waals surface area contributed by atoms with Gasteiger partial charge in [-0.15, -0.1) is 0 Å². The fraction of sp³-hybridized carbons (Fsp3) is 0.818. The summed E-state index contributed by atoms with van der Waals surface area (Å²) in [6.07, 6.45) is 0.131. The number of carbonyl (C=O) groups is 2. The van der Waals surface area contributed by atoms with E-state index in [9.17, 15) is 9.59 Å². The van der Waals surface area contributed by atoms with E-state index in [0.717, 1.165) is 0 Å². The van der Waals surface area contributed by atoms with Gasteiger partial charge in [0.1, 0.15) is 6.61 Å². The summed E-state index contributed by atoms with van der Waals surface area (Å²) in [6.45, 7) is 1.03. The van der Waals surface area contributed by atoms with Crippen molar-refractivity contribution in [2.24, 2.45) is 0 Å². The maximum atomic E-state index is 11.7. The van der Waals surface area contributed by atoms with Gasteiger partial charge in [0.2, 0.25) is 5.91 Å². The summed E-state index contributed by atoms with van der Waals surface area (Å²) in [5.74, 6) is -0.588. The van der Waals surface area contributed by atoms with E-state index in [1.165, 1.54) is 19.1 Å². The lowest BCUT2D eigenvalue weighted by Crippen LogP contribution is -2.38. The first-order chi connectivity index (χ1) is 8.65. The molecule has 0 heterocycles. The number of aliphatic hydroxyl groups excluding tert-OH is 1. The highest BCUT2D eigenvalue weighted by Crippen LogP contribution is 1.96. The Kier molecular flexibility index (Phi) is 10.2. The summed E-state index contributed by atoms with van der Waals surface area (Å²) in [4.78, 5) is 24.1. The summed E-state index contributed by atoms with van der Waals surface area (Å²) >= 11 is 0. The lowest BCUT2D eigenvalue weighted by molar-refractivity contribution is -0.142. The summed E-state index contributed by atoms with van der Waals surface area (Å²) in [5.41, 5.74) is 0. The molecule has 0 atom stereocenters. The largest absolute Gasteiger partial charge is 0.469 e. The number of amides is 1. The topological polar surface area (TPSA) is 85.3 Å². The van der Waals surface area contributed by atoms with Gasteiger partial charge in [-0.25, -0.2) is 0 Å². The third-order valence-corrected chi connectivity index (χ3v) is 2.18. The van der Waals surface area contributed by atoms with Crippen molar-refractivity contribution in [3.8, 4) is 0 Å². The third-order valence-electron chi connectivity index (χ3n) is 2.18. The van der Waals surface area contributed by atoms with Crippen LogP contribution in [0.25, 0.3) is 0 Å². The van der Waals surface area contributed by atoms with Crippen LogP contribution in [0.1, 0.15) is 6.42 Å². The minimum Gasteiger partial charge on any atom is -0.469 e. The number of hydrogen-bond donors (Lipinski definition) is 1. The van der Waals surface area contributed by atoms with E-state index >= 15 is 0 Å². The van der Waals surface area contributed by atoms with Crippen LogP contribution in [0, 0.1) is 0 Å². The van der Waals surface area contributed by atoms with Crippen LogP contribution in [-0.2, 0) is 23.8 Å². The highest BCUT2D eigenvalue weighted by Gasteiger charge is 2.14. The lowest BCUT2D eigenvalue weighted by Gasteiger charge is -2.21. The second-order valence-corrected chi connectivity index (χ2v) is 3.48. The lowest BCUT2D eigenvalue weighted by atomic mass is 10.3. The number of nitrogens with zero attached hydrogens (tertiary/aromatic N) is 1. The molecule has 0 fully saturated rings. The molecular formula is C11H21NO6. The van der Waals surface area contributed by atoms with Crippen LogP contribution in [0.4, 0.5) is 0 Å². The van der Waals surface area contributed by atoms with E-state index < -0.39 is 0 Å². The molecule has 0 saturated heterocycles. The minimum absolute atomic E-state index is 0.0405. The monoisotopic (exact) mass is 263 g/mol. The number of rotatable bonds is 10. The normalized spacial score (nSPS) is 10.2. The molecule has 7 nitrogen and oxygen atoms in total. The SMILES string of the molecule is COCC(=O)N(CCOCCO)CCC(=O)OC. The van der Waals surface area contributed by atoms with Crippen molar-refractivity contribution in [3.05, 3.63) is 0 Å². The van der Waals surface area contributed by atoms with Gasteiger partial charge in [-0.05, 0) is 0 Å². The molecule has 0 aliphatic carbocycles. The molecule has 0 aromatic heterocycles. The van der Waals surface area contributed by atoms with Crippen molar-refractivity contribution in [2.75, 3.05) is 53.7 Å². The Balaban J connectivity index is 4.07. The summed E-state index contributed by atoms with van der Waals surface area (Å²) < 4.78 is 14.3. The maximum Gasteiger partial charge on any atom is 0.307 e. The van der Waals surface area contributed by atoms with Crippen molar-refractivity contribution in [2.45, 2.75) is 6.42 Å². The van der Waals surface area contributed by atoms with E-state index in [4.69, 9.17) is 14.6 Å². The van der Waals surface area contributed by atoms with Gasteiger partial charge in [-0.3, -0.25) is 9.59 Å². The average Bonchev–Trinajstić information content (AvgIpc) is 2.37. The van der Waals surface area contributed by atoms with Crippen LogP contribution < -0.4 is 0 Å². The molecule has 0 radical (unpaired) electrons. The van der Waals surface area contributed by atoms with Crippen molar-refractivity contribution in [1.29, 1.82) is 0 Å². The average molecular weight is 263 g/mol. The Morgan fingerprint density at radius 1 is 1.17 bits per heavy atom. The Morgan fingerprint density at radius 2 is 1.89 bits per heavy atom. The van der Waals surface area contributed by atoms with Crippen molar-refractivity contribution < 1.29 is 28.9 Å². The molecule has 1 N–H and O–H groups in total. The molecule has 0 bridgehead atoms. The maximum absolute atomic E-state index is 11.7. The first-order valence-corrected chi connectivity index (χ1v) is 5.67. The predicted molar refractivity (Wildman–Crippen MR) is 63.0 cm³/mol. The second-order valence-electron chi connectivity index (χ2n) is 3.48. The Morgan fingerprint density at radius 3 is 2.44 bits per heavy atom.